The van der Waals surface area contributed by atoms with E-state index in [2.05, 4.69) is 30.0 Å². The molecule has 2 fully saturated rings. The van der Waals surface area contributed by atoms with Crippen LogP contribution >= 0.6 is 0 Å². The van der Waals surface area contributed by atoms with Gasteiger partial charge in [-0.3, -0.25) is 0 Å². The number of hydrogen-bond acceptors (Lipinski definition) is 2. The summed E-state index contributed by atoms with van der Waals surface area (Å²) in [5, 5.41) is 0. The van der Waals surface area contributed by atoms with Gasteiger partial charge in [-0.15, -0.1) is 0 Å². The number of nitrogens with zero attached hydrogens (tertiary/aromatic N) is 1. The molecule has 1 aromatic rings. The molecular formula is C17H23NO. The quantitative estimate of drug-likeness (QED) is 0.765. The molecule has 0 N–H and O–H groups in total. The van der Waals surface area contributed by atoms with Crippen molar-refractivity contribution in [2.24, 2.45) is 0 Å². The van der Waals surface area contributed by atoms with E-state index in [-0.39, 0.29) is 5.60 Å². The molecule has 0 bridgehead atoms. The van der Waals surface area contributed by atoms with Gasteiger partial charge in [0, 0.05) is 38.4 Å². The normalized spacial score (nSPS) is 25.9. The molecule has 0 radical (unpaired) electrons. The molecule has 102 valence electrons. The minimum absolute atomic E-state index is 0.121. The third kappa shape index (κ3) is 1.97. The second kappa shape index (κ2) is 4.24. The molecule has 1 spiro atoms. The largest absolute Gasteiger partial charge is 0.487 e. The van der Waals surface area contributed by atoms with Crippen LogP contribution in [-0.2, 0) is 6.42 Å². The SMILES string of the molecule is Cc1ccc2c(c1)CC1(CCN(C3CCC3)CC1)O2. The fraction of sp³-hybridized carbons (Fsp3) is 0.647. The molecule has 19 heavy (non-hydrogen) atoms. The van der Waals surface area contributed by atoms with Crippen LogP contribution in [-0.4, -0.2) is 29.6 Å². The molecular weight excluding hydrogens is 234 g/mol. The monoisotopic (exact) mass is 257 g/mol. The Balaban J connectivity index is 1.47. The molecule has 1 saturated carbocycles. The zero-order chi connectivity index (χ0) is 12.9. The number of fused-ring (bicyclic) bond motifs is 1. The number of aryl methyl sites for hydroxylation is 1. The van der Waals surface area contributed by atoms with Crippen molar-refractivity contribution in [3.63, 3.8) is 0 Å². The topological polar surface area (TPSA) is 12.5 Å². The maximum Gasteiger partial charge on any atom is 0.123 e. The highest BCUT2D eigenvalue weighted by molar-refractivity contribution is 5.42. The van der Waals surface area contributed by atoms with Gasteiger partial charge in [-0.1, -0.05) is 24.1 Å². The maximum atomic E-state index is 6.34. The number of likely N-dealkylation sites (tertiary alicyclic amines) is 1. The van der Waals surface area contributed by atoms with Crippen molar-refractivity contribution in [1.29, 1.82) is 0 Å². The Labute approximate surface area is 115 Å². The summed E-state index contributed by atoms with van der Waals surface area (Å²) in [6, 6.07) is 7.53. The number of rotatable bonds is 1. The smallest absolute Gasteiger partial charge is 0.123 e. The van der Waals surface area contributed by atoms with E-state index >= 15 is 0 Å². The van der Waals surface area contributed by atoms with Gasteiger partial charge in [0.2, 0.25) is 0 Å². The third-order valence-electron chi connectivity index (χ3n) is 5.36. The molecule has 0 unspecified atom stereocenters. The third-order valence-corrected chi connectivity index (χ3v) is 5.36. The average Bonchev–Trinajstić information content (AvgIpc) is 2.67. The minimum atomic E-state index is 0.121. The van der Waals surface area contributed by atoms with Crippen LogP contribution in [0.2, 0.25) is 0 Å². The van der Waals surface area contributed by atoms with E-state index < -0.39 is 0 Å². The predicted molar refractivity (Wildman–Crippen MR) is 76.7 cm³/mol. The summed E-state index contributed by atoms with van der Waals surface area (Å²) in [6.07, 6.45) is 7.82. The van der Waals surface area contributed by atoms with Crippen LogP contribution < -0.4 is 4.74 Å². The fourth-order valence-electron chi connectivity index (χ4n) is 3.89. The van der Waals surface area contributed by atoms with Crippen LogP contribution in [0.15, 0.2) is 18.2 Å². The lowest BCUT2D eigenvalue weighted by molar-refractivity contribution is -0.00746. The second-order valence-corrected chi connectivity index (χ2v) is 6.69. The van der Waals surface area contributed by atoms with Crippen molar-refractivity contribution in [3.8, 4) is 5.75 Å². The predicted octanol–water partition coefficient (Wildman–Crippen LogP) is 3.32. The maximum absolute atomic E-state index is 6.34. The molecule has 2 heterocycles. The van der Waals surface area contributed by atoms with Gasteiger partial charge >= 0.3 is 0 Å². The lowest BCUT2D eigenvalue weighted by Crippen LogP contribution is -2.52. The van der Waals surface area contributed by atoms with Crippen molar-refractivity contribution in [3.05, 3.63) is 29.3 Å². The molecule has 2 heteroatoms. The molecule has 0 aromatic heterocycles. The summed E-state index contributed by atoms with van der Waals surface area (Å²) in [4.78, 5) is 2.70. The van der Waals surface area contributed by atoms with E-state index in [9.17, 15) is 0 Å². The number of benzene rings is 1. The van der Waals surface area contributed by atoms with Gasteiger partial charge in [-0.05, 0) is 31.4 Å². The molecule has 0 amide bonds. The number of piperidine rings is 1. The Morgan fingerprint density at radius 3 is 2.68 bits per heavy atom. The van der Waals surface area contributed by atoms with Gasteiger partial charge in [-0.25, -0.2) is 0 Å². The highest BCUT2D eigenvalue weighted by Crippen LogP contribution is 2.42. The van der Waals surface area contributed by atoms with E-state index in [1.807, 2.05) is 0 Å². The zero-order valence-corrected chi connectivity index (χ0v) is 11.8. The lowest BCUT2D eigenvalue weighted by atomic mass is 9.83. The van der Waals surface area contributed by atoms with Gasteiger partial charge in [0.15, 0.2) is 0 Å². The standard InChI is InChI=1S/C17H23NO/c1-13-5-6-16-14(11-13)12-17(19-16)7-9-18(10-8-17)15-3-2-4-15/h5-6,11,15H,2-4,7-10,12H2,1H3. The highest BCUT2D eigenvalue weighted by atomic mass is 16.5. The molecule has 1 saturated heterocycles. The summed E-state index contributed by atoms with van der Waals surface area (Å²) >= 11 is 0. The number of ether oxygens (including phenoxy) is 1. The second-order valence-electron chi connectivity index (χ2n) is 6.69. The van der Waals surface area contributed by atoms with Crippen LogP contribution in [0.3, 0.4) is 0 Å². The first-order valence-electron chi connectivity index (χ1n) is 7.77. The van der Waals surface area contributed by atoms with Gasteiger partial charge in [0.25, 0.3) is 0 Å². The summed E-state index contributed by atoms with van der Waals surface area (Å²) in [5.41, 5.74) is 2.90. The fourth-order valence-corrected chi connectivity index (χ4v) is 3.89. The average molecular weight is 257 g/mol. The van der Waals surface area contributed by atoms with Crippen molar-refractivity contribution in [2.45, 2.75) is 57.1 Å². The lowest BCUT2D eigenvalue weighted by Gasteiger charge is -2.45. The van der Waals surface area contributed by atoms with E-state index in [1.165, 1.54) is 56.3 Å². The first-order chi connectivity index (χ1) is 9.24. The highest BCUT2D eigenvalue weighted by Gasteiger charge is 2.43. The van der Waals surface area contributed by atoms with E-state index in [0.29, 0.717) is 0 Å². The Morgan fingerprint density at radius 2 is 2.00 bits per heavy atom. The molecule has 1 aliphatic carbocycles. The van der Waals surface area contributed by atoms with E-state index in [1.54, 1.807) is 0 Å². The van der Waals surface area contributed by atoms with Crippen LogP contribution in [0.4, 0.5) is 0 Å². The Kier molecular flexibility index (Phi) is 2.63. The van der Waals surface area contributed by atoms with E-state index in [0.717, 1.165) is 18.2 Å². The number of hydrogen-bond donors (Lipinski definition) is 0. The van der Waals surface area contributed by atoms with Gasteiger partial charge in [-0.2, -0.15) is 0 Å². The Morgan fingerprint density at radius 1 is 1.21 bits per heavy atom. The van der Waals surface area contributed by atoms with Crippen molar-refractivity contribution >= 4 is 0 Å². The Hall–Kier alpha value is -1.02. The molecule has 4 rings (SSSR count). The van der Waals surface area contributed by atoms with E-state index in [4.69, 9.17) is 4.74 Å². The van der Waals surface area contributed by atoms with Crippen LogP contribution in [0.5, 0.6) is 5.75 Å². The van der Waals surface area contributed by atoms with Crippen LogP contribution in [0.1, 0.15) is 43.2 Å². The molecule has 1 aromatic carbocycles. The van der Waals surface area contributed by atoms with Crippen LogP contribution in [0, 0.1) is 6.92 Å². The summed E-state index contributed by atoms with van der Waals surface area (Å²) in [5.74, 6) is 1.14. The van der Waals surface area contributed by atoms with Gasteiger partial charge < -0.3 is 9.64 Å². The summed E-state index contributed by atoms with van der Waals surface area (Å²) in [7, 11) is 0. The summed E-state index contributed by atoms with van der Waals surface area (Å²) in [6.45, 7) is 4.64. The van der Waals surface area contributed by atoms with Gasteiger partial charge in [0.05, 0.1) is 0 Å². The van der Waals surface area contributed by atoms with Crippen molar-refractivity contribution < 1.29 is 4.74 Å². The molecule has 3 aliphatic rings. The van der Waals surface area contributed by atoms with Crippen LogP contribution in [0.25, 0.3) is 0 Å². The molecule has 0 atom stereocenters. The van der Waals surface area contributed by atoms with Crippen molar-refractivity contribution in [2.75, 3.05) is 13.1 Å². The Bertz CT molecular complexity index is 484. The minimum Gasteiger partial charge on any atom is -0.487 e. The zero-order valence-electron chi connectivity index (χ0n) is 11.8. The molecule has 2 aliphatic heterocycles. The first-order valence-corrected chi connectivity index (χ1v) is 7.77. The van der Waals surface area contributed by atoms with Crippen molar-refractivity contribution in [1.82, 2.24) is 4.90 Å². The first kappa shape index (κ1) is 11.8. The molecule has 2 nitrogen and oxygen atoms in total. The summed E-state index contributed by atoms with van der Waals surface area (Å²) < 4.78 is 6.34. The van der Waals surface area contributed by atoms with Gasteiger partial charge in [0.1, 0.15) is 11.4 Å².